The maximum Gasteiger partial charge on any atom is 0.139 e. The molecule has 0 radical (unpaired) electrons. The predicted octanol–water partition coefficient (Wildman–Crippen LogP) is 4.83. The zero-order chi connectivity index (χ0) is 19.9. The first-order valence-corrected chi connectivity index (χ1v) is 11.8. The molecular formula is C24H40N2O2. The van der Waals surface area contributed by atoms with Crippen LogP contribution in [0, 0.1) is 40.4 Å². The van der Waals surface area contributed by atoms with Crippen molar-refractivity contribution in [3.05, 3.63) is 0 Å². The monoisotopic (exact) mass is 388 g/mol. The second-order valence-corrected chi connectivity index (χ2v) is 10.8. The molecule has 0 aromatic heterocycles. The lowest BCUT2D eigenvalue weighted by Crippen LogP contribution is -2.56. The number of nitrogens with zero attached hydrogens (tertiary/aromatic N) is 1. The second kappa shape index (κ2) is 7.74. The van der Waals surface area contributed by atoms with Crippen molar-refractivity contribution in [3.8, 4) is 0 Å². The number of fused-ring (bicyclic) bond motifs is 5. The first kappa shape index (κ1) is 20.4. The summed E-state index contributed by atoms with van der Waals surface area (Å²) in [5, 5.41) is 7.69. The third kappa shape index (κ3) is 3.24. The van der Waals surface area contributed by atoms with Gasteiger partial charge >= 0.3 is 0 Å². The van der Waals surface area contributed by atoms with Gasteiger partial charge in [0, 0.05) is 11.8 Å². The van der Waals surface area contributed by atoms with Gasteiger partial charge in [-0.3, -0.25) is 4.79 Å². The zero-order valence-electron chi connectivity index (χ0n) is 18.4. The Morgan fingerprint density at radius 3 is 2.75 bits per heavy atom. The Balaban J connectivity index is 1.47. The normalized spacial score (nSPS) is 46.8. The lowest BCUT2D eigenvalue weighted by atomic mass is 9.43. The summed E-state index contributed by atoms with van der Waals surface area (Å²) >= 11 is 0. The van der Waals surface area contributed by atoms with Crippen molar-refractivity contribution in [2.75, 3.05) is 20.2 Å². The second-order valence-electron chi connectivity index (χ2n) is 10.8. The number of carbonyl (C=O) groups excluding carboxylic acids is 1. The number of hydrogen-bond acceptors (Lipinski definition) is 4. The van der Waals surface area contributed by atoms with Crippen LogP contribution in [-0.4, -0.2) is 31.7 Å². The van der Waals surface area contributed by atoms with E-state index in [0.29, 0.717) is 23.7 Å². The number of hydrogen-bond donors (Lipinski definition) is 1. The van der Waals surface area contributed by atoms with Gasteiger partial charge in [-0.1, -0.05) is 25.9 Å². The molecule has 0 aromatic carbocycles. The van der Waals surface area contributed by atoms with E-state index < -0.39 is 0 Å². The van der Waals surface area contributed by atoms with Gasteiger partial charge in [0.05, 0.1) is 5.71 Å². The van der Waals surface area contributed by atoms with E-state index in [0.717, 1.165) is 68.7 Å². The number of oxime groups is 1. The zero-order valence-corrected chi connectivity index (χ0v) is 18.4. The molecule has 4 fully saturated rings. The molecule has 1 unspecified atom stereocenters. The molecule has 0 bridgehead atoms. The van der Waals surface area contributed by atoms with Gasteiger partial charge in [-0.15, -0.1) is 0 Å². The van der Waals surface area contributed by atoms with Crippen LogP contribution >= 0.6 is 0 Å². The molecule has 0 aromatic rings. The Hall–Kier alpha value is -0.900. The minimum atomic E-state index is -0.00739. The highest BCUT2D eigenvalue weighted by Crippen LogP contribution is 2.66. The van der Waals surface area contributed by atoms with Crippen molar-refractivity contribution in [1.29, 1.82) is 0 Å². The summed E-state index contributed by atoms with van der Waals surface area (Å²) in [6.07, 6.45) is 10.2. The fourth-order valence-electron chi connectivity index (χ4n) is 7.83. The van der Waals surface area contributed by atoms with E-state index in [4.69, 9.17) is 4.84 Å². The Kier molecular flexibility index (Phi) is 5.63. The molecule has 0 heterocycles. The minimum Gasteiger partial charge on any atom is -0.396 e. The third-order valence-electron chi connectivity index (χ3n) is 9.43. The van der Waals surface area contributed by atoms with Crippen LogP contribution in [0.5, 0.6) is 0 Å². The molecule has 158 valence electrons. The van der Waals surface area contributed by atoms with Crippen LogP contribution in [0.15, 0.2) is 5.16 Å². The molecule has 4 nitrogen and oxygen atoms in total. The average molecular weight is 389 g/mol. The number of rotatable bonds is 5. The standard InChI is InChI=1S/C24H40N2O2/c1-16-14-18-19-6-7-22(27)24(19,3)11-9-20(18)23(2)10-8-17(15-21(16)23)26-28-13-5-12-25-4/h16,18-21,25H,5-15H2,1-4H3/t16-,18-,19-,20-,21?,23+,24-/m0/s1. The molecule has 0 saturated heterocycles. The van der Waals surface area contributed by atoms with E-state index in [1.165, 1.54) is 25.0 Å². The van der Waals surface area contributed by atoms with E-state index in [2.05, 4.69) is 31.2 Å². The number of carbonyl (C=O) groups is 1. The highest BCUT2D eigenvalue weighted by atomic mass is 16.6. The highest BCUT2D eigenvalue weighted by Gasteiger charge is 2.61. The summed E-state index contributed by atoms with van der Waals surface area (Å²) in [5.74, 6) is 4.21. The smallest absolute Gasteiger partial charge is 0.139 e. The number of ketones is 1. The van der Waals surface area contributed by atoms with Crippen LogP contribution in [0.4, 0.5) is 0 Å². The van der Waals surface area contributed by atoms with Crippen LogP contribution in [-0.2, 0) is 9.63 Å². The Morgan fingerprint density at radius 1 is 1.14 bits per heavy atom. The van der Waals surface area contributed by atoms with Gasteiger partial charge in [0.15, 0.2) is 0 Å². The first-order valence-electron chi connectivity index (χ1n) is 11.8. The molecule has 0 amide bonds. The van der Waals surface area contributed by atoms with Crippen molar-refractivity contribution in [2.24, 2.45) is 45.6 Å². The predicted molar refractivity (Wildman–Crippen MR) is 113 cm³/mol. The fraction of sp³-hybridized carbons (Fsp3) is 0.917. The first-order chi connectivity index (χ1) is 13.4. The summed E-state index contributed by atoms with van der Waals surface area (Å²) in [6.45, 7) is 9.03. The fourth-order valence-corrected chi connectivity index (χ4v) is 7.83. The minimum absolute atomic E-state index is 0.00739. The lowest BCUT2D eigenvalue weighted by Gasteiger charge is -2.61. The maximum absolute atomic E-state index is 12.6. The van der Waals surface area contributed by atoms with Gasteiger partial charge in [-0.2, -0.15) is 0 Å². The molecule has 0 spiro atoms. The molecule has 4 rings (SSSR count). The van der Waals surface area contributed by atoms with Gasteiger partial charge in [0.1, 0.15) is 12.4 Å². The van der Waals surface area contributed by atoms with Crippen LogP contribution in [0.25, 0.3) is 0 Å². The molecule has 0 aliphatic heterocycles. The quantitative estimate of drug-likeness (QED) is 0.542. The van der Waals surface area contributed by atoms with Gasteiger partial charge in [-0.25, -0.2) is 0 Å². The van der Waals surface area contributed by atoms with E-state index in [-0.39, 0.29) is 5.41 Å². The summed E-state index contributed by atoms with van der Waals surface area (Å²) in [5.41, 5.74) is 1.70. The summed E-state index contributed by atoms with van der Waals surface area (Å²) in [6, 6.07) is 0. The van der Waals surface area contributed by atoms with Gasteiger partial charge < -0.3 is 10.2 Å². The van der Waals surface area contributed by atoms with E-state index in [9.17, 15) is 4.79 Å². The topological polar surface area (TPSA) is 50.7 Å². The van der Waals surface area contributed by atoms with Crippen molar-refractivity contribution in [2.45, 2.75) is 78.6 Å². The third-order valence-corrected chi connectivity index (χ3v) is 9.43. The lowest BCUT2D eigenvalue weighted by molar-refractivity contribution is -0.141. The molecule has 4 saturated carbocycles. The van der Waals surface area contributed by atoms with Crippen molar-refractivity contribution < 1.29 is 9.63 Å². The SMILES string of the molecule is CNCCCON=C1CC[C@@]2(C)C(C1)[C@@H](C)C[C@@H]1[C@@H]2CC[C@]2(C)C(=O)CC[C@@H]12. The van der Waals surface area contributed by atoms with E-state index in [1.807, 2.05) is 7.05 Å². The van der Waals surface area contributed by atoms with Crippen LogP contribution in [0.2, 0.25) is 0 Å². The van der Waals surface area contributed by atoms with E-state index >= 15 is 0 Å². The van der Waals surface area contributed by atoms with Crippen LogP contribution < -0.4 is 5.32 Å². The molecular weight excluding hydrogens is 348 g/mol. The van der Waals surface area contributed by atoms with Crippen molar-refractivity contribution >= 4 is 11.5 Å². The number of nitrogens with one attached hydrogen (secondary N) is 1. The molecule has 4 aliphatic rings. The summed E-state index contributed by atoms with van der Waals surface area (Å²) in [7, 11) is 1.97. The van der Waals surface area contributed by atoms with Gasteiger partial charge in [0.25, 0.3) is 0 Å². The molecule has 7 atom stereocenters. The van der Waals surface area contributed by atoms with E-state index in [1.54, 1.807) is 0 Å². The Labute approximate surface area is 171 Å². The highest BCUT2D eigenvalue weighted by molar-refractivity contribution is 5.87. The van der Waals surface area contributed by atoms with Crippen LogP contribution in [0.3, 0.4) is 0 Å². The summed E-state index contributed by atoms with van der Waals surface area (Å²) < 4.78 is 0. The molecule has 4 aliphatic carbocycles. The van der Waals surface area contributed by atoms with Crippen molar-refractivity contribution in [3.63, 3.8) is 0 Å². The molecule has 4 heteroatoms. The Bertz CT molecular complexity index is 632. The average Bonchev–Trinajstić information content (AvgIpc) is 2.98. The van der Waals surface area contributed by atoms with Crippen LogP contribution in [0.1, 0.15) is 78.6 Å². The van der Waals surface area contributed by atoms with Crippen molar-refractivity contribution in [1.82, 2.24) is 5.32 Å². The van der Waals surface area contributed by atoms with Gasteiger partial charge in [-0.05, 0) is 100.0 Å². The molecule has 1 N–H and O–H groups in total. The Morgan fingerprint density at radius 2 is 1.96 bits per heavy atom. The maximum atomic E-state index is 12.6. The number of Topliss-reactive ketones (excluding diaryl/α,β-unsaturated/α-hetero) is 1. The largest absolute Gasteiger partial charge is 0.396 e. The molecule has 28 heavy (non-hydrogen) atoms. The summed E-state index contributed by atoms with van der Waals surface area (Å²) in [4.78, 5) is 18.2. The van der Waals surface area contributed by atoms with Gasteiger partial charge in [0.2, 0.25) is 0 Å².